The minimum atomic E-state index is -1.16. The van der Waals surface area contributed by atoms with E-state index in [0.717, 1.165) is 16.8 Å². The number of nitrogen functional groups attached to an aromatic ring is 1. The predicted octanol–water partition coefficient (Wildman–Crippen LogP) is 3.09. The maximum atomic E-state index is 12.6. The molecule has 0 saturated heterocycles. The number of carboxylic acid groups (broad SMARTS) is 1. The highest BCUT2D eigenvalue weighted by atomic mass is 16.4. The predicted molar refractivity (Wildman–Crippen MR) is 128 cm³/mol. The molecule has 5 rings (SSSR count). The minimum Gasteiger partial charge on any atom is -0.481 e. The summed E-state index contributed by atoms with van der Waals surface area (Å²) in [5.74, 6) is -1.17. The van der Waals surface area contributed by atoms with Crippen LogP contribution in [0.5, 0.6) is 0 Å². The van der Waals surface area contributed by atoms with Gasteiger partial charge in [0.1, 0.15) is 5.82 Å². The Balaban J connectivity index is 1.58. The van der Waals surface area contributed by atoms with E-state index in [1.165, 1.54) is 11.4 Å². The molecule has 4 N–H and O–H groups in total. The Morgan fingerprint density at radius 2 is 1.86 bits per heavy atom. The Labute approximate surface area is 201 Å². The second kappa shape index (κ2) is 8.62. The average Bonchev–Trinajstić information content (AvgIpc) is 3.51. The number of nitrogens with zero attached hydrogens (tertiary/aromatic N) is 5. The number of aliphatic hydroxyl groups is 1. The molecular formula is C25H26N6O4. The van der Waals surface area contributed by atoms with Gasteiger partial charge >= 0.3 is 5.97 Å². The second-order valence-electron chi connectivity index (χ2n) is 9.13. The Kier molecular flexibility index (Phi) is 5.60. The molecule has 10 nitrogen and oxygen atoms in total. The zero-order valence-corrected chi connectivity index (χ0v) is 19.3. The molecule has 1 aromatic carbocycles. The number of anilines is 1. The van der Waals surface area contributed by atoms with Gasteiger partial charge in [0.05, 0.1) is 41.4 Å². The zero-order chi connectivity index (χ0) is 24.7. The number of Topliss-reactive ketones (excluding diaryl/α,β-unsaturated/α-hetero) is 1. The molecule has 1 saturated carbocycles. The minimum absolute atomic E-state index is 0.157. The molecule has 0 amide bonds. The summed E-state index contributed by atoms with van der Waals surface area (Å²) in [4.78, 5) is 29.2. The van der Waals surface area contributed by atoms with Crippen molar-refractivity contribution in [3.63, 3.8) is 0 Å². The van der Waals surface area contributed by atoms with Gasteiger partial charge in [0.15, 0.2) is 11.4 Å². The SMILES string of the molecule is CC(=O)c1c(C2CCC(CO)(C(=O)O)CC2)nc2c(-c3cnn(-c4ccccc4)c3)cnn2c1N. The summed E-state index contributed by atoms with van der Waals surface area (Å²) in [5, 5.41) is 28.2. The number of aliphatic carboxylic acids is 1. The van der Waals surface area contributed by atoms with Gasteiger partial charge in [0.25, 0.3) is 0 Å². The molecule has 10 heteroatoms. The molecule has 0 spiro atoms. The number of carbonyl (C=O) groups excluding carboxylic acids is 1. The van der Waals surface area contributed by atoms with E-state index < -0.39 is 18.0 Å². The summed E-state index contributed by atoms with van der Waals surface area (Å²) in [7, 11) is 0. The van der Waals surface area contributed by atoms with E-state index in [1.54, 1.807) is 17.1 Å². The molecule has 0 unspecified atom stereocenters. The quantitative estimate of drug-likeness (QED) is 0.361. The average molecular weight is 475 g/mol. The van der Waals surface area contributed by atoms with Crippen LogP contribution in [-0.2, 0) is 4.79 Å². The number of ketones is 1. The van der Waals surface area contributed by atoms with Crippen molar-refractivity contribution < 1.29 is 19.8 Å². The third-order valence-electron chi connectivity index (χ3n) is 7.06. The van der Waals surface area contributed by atoms with Gasteiger partial charge in [-0.05, 0) is 44.7 Å². The Morgan fingerprint density at radius 1 is 1.14 bits per heavy atom. The Bertz CT molecular complexity index is 1420. The molecular weight excluding hydrogens is 448 g/mol. The number of rotatable bonds is 6. The number of carbonyl (C=O) groups is 2. The highest BCUT2D eigenvalue weighted by Gasteiger charge is 2.43. The molecule has 1 fully saturated rings. The van der Waals surface area contributed by atoms with Crippen molar-refractivity contribution in [2.24, 2.45) is 5.41 Å². The molecule has 4 aromatic rings. The highest BCUT2D eigenvalue weighted by Crippen LogP contribution is 2.44. The van der Waals surface area contributed by atoms with Crippen LogP contribution < -0.4 is 5.73 Å². The van der Waals surface area contributed by atoms with Crippen molar-refractivity contribution in [3.05, 3.63) is 60.2 Å². The number of hydrogen-bond donors (Lipinski definition) is 3. The van der Waals surface area contributed by atoms with Crippen LogP contribution in [-0.4, -0.2) is 53.0 Å². The third kappa shape index (κ3) is 3.75. The first-order valence-electron chi connectivity index (χ1n) is 11.5. The van der Waals surface area contributed by atoms with Crippen LogP contribution in [0.2, 0.25) is 0 Å². The van der Waals surface area contributed by atoms with Crippen LogP contribution in [0.3, 0.4) is 0 Å². The molecule has 1 aliphatic rings. The maximum absolute atomic E-state index is 12.6. The molecule has 3 heterocycles. The van der Waals surface area contributed by atoms with Crippen molar-refractivity contribution in [2.75, 3.05) is 12.3 Å². The van der Waals surface area contributed by atoms with Crippen LogP contribution in [0.15, 0.2) is 48.9 Å². The van der Waals surface area contributed by atoms with Crippen molar-refractivity contribution >= 4 is 23.2 Å². The molecule has 0 bridgehead atoms. The van der Waals surface area contributed by atoms with E-state index in [9.17, 15) is 19.8 Å². The van der Waals surface area contributed by atoms with Gasteiger partial charge in [-0.2, -0.15) is 14.7 Å². The zero-order valence-electron chi connectivity index (χ0n) is 19.3. The van der Waals surface area contributed by atoms with Crippen LogP contribution >= 0.6 is 0 Å². The first-order chi connectivity index (χ1) is 16.8. The number of para-hydroxylation sites is 1. The Hall–Kier alpha value is -4.05. The molecule has 0 aliphatic heterocycles. The number of hydrogen-bond acceptors (Lipinski definition) is 7. The number of aliphatic hydroxyl groups excluding tert-OH is 1. The lowest BCUT2D eigenvalue weighted by Gasteiger charge is -2.35. The lowest BCUT2D eigenvalue weighted by molar-refractivity contribution is -0.154. The molecule has 35 heavy (non-hydrogen) atoms. The summed E-state index contributed by atoms with van der Waals surface area (Å²) in [6, 6.07) is 9.71. The second-order valence-corrected chi connectivity index (χ2v) is 9.13. The van der Waals surface area contributed by atoms with Crippen molar-refractivity contribution in [1.29, 1.82) is 0 Å². The summed E-state index contributed by atoms with van der Waals surface area (Å²) in [6.45, 7) is 1.02. The van der Waals surface area contributed by atoms with E-state index >= 15 is 0 Å². The van der Waals surface area contributed by atoms with Gasteiger partial charge in [0.2, 0.25) is 0 Å². The molecule has 1 aliphatic carbocycles. The molecule has 0 radical (unpaired) electrons. The highest BCUT2D eigenvalue weighted by molar-refractivity contribution is 6.00. The summed E-state index contributed by atoms with van der Waals surface area (Å²) < 4.78 is 3.22. The van der Waals surface area contributed by atoms with Crippen LogP contribution in [0, 0.1) is 5.41 Å². The Morgan fingerprint density at radius 3 is 2.49 bits per heavy atom. The van der Waals surface area contributed by atoms with E-state index in [4.69, 9.17) is 10.7 Å². The standard InChI is InChI=1S/C25H26N6O4/c1-15(33)20-21(16-7-9-25(14-32,10-8-16)24(34)35)29-23-19(12-28-31(23)22(20)26)17-11-27-30(13-17)18-5-3-2-4-6-18/h2-6,11-13,16,32H,7-10,14,26H2,1H3,(H,34,35). The fraction of sp³-hybridized carbons (Fsp3) is 0.320. The number of benzene rings is 1. The van der Waals surface area contributed by atoms with Gasteiger partial charge < -0.3 is 15.9 Å². The van der Waals surface area contributed by atoms with E-state index in [0.29, 0.717) is 42.6 Å². The van der Waals surface area contributed by atoms with Crippen molar-refractivity contribution in [3.8, 4) is 16.8 Å². The normalized spacial score (nSPS) is 20.2. The van der Waals surface area contributed by atoms with Gasteiger partial charge in [-0.1, -0.05) is 18.2 Å². The monoisotopic (exact) mass is 474 g/mol. The third-order valence-corrected chi connectivity index (χ3v) is 7.06. The first kappa shape index (κ1) is 22.7. The number of fused-ring (bicyclic) bond motifs is 1. The topological polar surface area (TPSA) is 149 Å². The summed E-state index contributed by atoms with van der Waals surface area (Å²) in [5.41, 5.74) is 9.07. The summed E-state index contributed by atoms with van der Waals surface area (Å²) in [6.07, 6.45) is 6.81. The molecule has 0 atom stereocenters. The summed E-state index contributed by atoms with van der Waals surface area (Å²) >= 11 is 0. The van der Waals surface area contributed by atoms with Crippen LogP contribution in [0.1, 0.15) is 54.6 Å². The van der Waals surface area contributed by atoms with Gasteiger partial charge in [-0.3, -0.25) is 9.59 Å². The van der Waals surface area contributed by atoms with Gasteiger partial charge in [-0.25, -0.2) is 9.67 Å². The number of carboxylic acids is 1. The van der Waals surface area contributed by atoms with E-state index in [1.807, 2.05) is 36.5 Å². The smallest absolute Gasteiger partial charge is 0.311 e. The molecule has 180 valence electrons. The van der Waals surface area contributed by atoms with E-state index in [2.05, 4.69) is 10.2 Å². The fourth-order valence-corrected chi connectivity index (χ4v) is 4.96. The number of nitrogens with two attached hydrogens (primary N) is 1. The maximum Gasteiger partial charge on any atom is 0.311 e. The van der Waals surface area contributed by atoms with Crippen LogP contribution in [0.4, 0.5) is 5.82 Å². The lowest BCUT2D eigenvalue weighted by atomic mass is 9.69. The van der Waals surface area contributed by atoms with Crippen molar-refractivity contribution in [2.45, 2.75) is 38.5 Å². The first-order valence-corrected chi connectivity index (χ1v) is 11.5. The largest absolute Gasteiger partial charge is 0.481 e. The van der Waals surface area contributed by atoms with Gasteiger partial charge in [-0.15, -0.1) is 0 Å². The van der Waals surface area contributed by atoms with Crippen molar-refractivity contribution in [1.82, 2.24) is 24.4 Å². The number of aromatic nitrogens is 5. The van der Waals surface area contributed by atoms with Gasteiger partial charge in [0, 0.05) is 23.2 Å². The van der Waals surface area contributed by atoms with E-state index in [-0.39, 0.29) is 17.5 Å². The fourth-order valence-electron chi connectivity index (χ4n) is 4.96. The lowest BCUT2D eigenvalue weighted by Crippen LogP contribution is -2.38. The molecule has 3 aromatic heterocycles. The van der Waals surface area contributed by atoms with Crippen LogP contribution in [0.25, 0.3) is 22.5 Å².